The summed E-state index contributed by atoms with van der Waals surface area (Å²) in [5.74, 6) is -0.00270. The normalized spacial score (nSPS) is 11.9. The molecule has 0 saturated heterocycles. The summed E-state index contributed by atoms with van der Waals surface area (Å²) in [6, 6.07) is 12.7. The van der Waals surface area contributed by atoms with Crippen molar-refractivity contribution in [3.05, 3.63) is 78.0 Å². The lowest BCUT2D eigenvalue weighted by Gasteiger charge is -2.13. The van der Waals surface area contributed by atoms with Crippen LogP contribution in [0.25, 0.3) is 0 Å². The lowest BCUT2D eigenvalue weighted by molar-refractivity contribution is -0.140. The number of nitrogens with one attached hydrogen (secondary N) is 1. The fourth-order valence-corrected chi connectivity index (χ4v) is 3.06. The molecule has 0 saturated carbocycles. The Balaban J connectivity index is 1.66. The maximum atomic E-state index is 13.0. The number of alkyl halides is 6. The van der Waals surface area contributed by atoms with Gasteiger partial charge >= 0.3 is 12.4 Å². The molecule has 0 amide bonds. The average Bonchev–Trinajstić information content (AvgIpc) is 2.66. The molecule has 3 nitrogen and oxygen atoms in total. The van der Waals surface area contributed by atoms with Crippen molar-refractivity contribution < 1.29 is 31.1 Å². The van der Waals surface area contributed by atoms with Gasteiger partial charge in [-0.05, 0) is 54.4 Å². The number of hydrogen-bond acceptors (Lipinski definition) is 4. The number of ether oxygens (including phenoxy) is 1. The smallest absolute Gasteiger partial charge is 0.417 e. The summed E-state index contributed by atoms with van der Waals surface area (Å²) in [5, 5.41) is 0. The highest BCUT2D eigenvalue weighted by Gasteiger charge is 2.33. The number of anilines is 1. The summed E-state index contributed by atoms with van der Waals surface area (Å²) in [6.45, 7) is 0. The zero-order valence-electron chi connectivity index (χ0n) is 14.4. The highest BCUT2D eigenvalue weighted by atomic mass is 32.2. The third kappa shape index (κ3) is 5.57. The summed E-state index contributed by atoms with van der Waals surface area (Å²) in [5.41, 5.74) is -1.16. The SMILES string of the molecule is FC(F)(F)c1ccnc(Oc2ccc(NSc3ccccc3C(F)(F)F)cc2)c1. The summed E-state index contributed by atoms with van der Waals surface area (Å²) < 4.78 is 85.3. The van der Waals surface area contributed by atoms with Crippen molar-refractivity contribution >= 4 is 17.6 Å². The summed E-state index contributed by atoms with van der Waals surface area (Å²) >= 11 is 0.793. The van der Waals surface area contributed by atoms with Gasteiger partial charge in [0.05, 0.1) is 11.1 Å². The van der Waals surface area contributed by atoms with E-state index in [4.69, 9.17) is 4.74 Å². The number of nitrogens with zero attached hydrogens (tertiary/aromatic N) is 1. The van der Waals surface area contributed by atoms with E-state index in [-0.39, 0.29) is 16.5 Å². The second kappa shape index (κ2) is 8.24. The number of pyridine rings is 1. The Bertz CT molecular complexity index is 973. The van der Waals surface area contributed by atoms with Crippen LogP contribution < -0.4 is 9.46 Å². The second-order valence-electron chi connectivity index (χ2n) is 5.70. The Labute approximate surface area is 165 Å². The van der Waals surface area contributed by atoms with Gasteiger partial charge in [-0.2, -0.15) is 26.3 Å². The minimum absolute atomic E-state index is 0.00786. The first-order valence-electron chi connectivity index (χ1n) is 8.03. The molecule has 0 spiro atoms. The molecule has 1 heterocycles. The number of benzene rings is 2. The lowest BCUT2D eigenvalue weighted by atomic mass is 10.2. The van der Waals surface area contributed by atoms with Gasteiger partial charge in [-0.15, -0.1) is 0 Å². The van der Waals surface area contributed by atoms with Crippen LogP contribution in [0.5, 0.6) is 11.6 Å². The van der Waals surface area contributed by atoms with Gasteiger partial charge in [0.25, 0.3) is 0 Å². The second-order valence-corrected chi connectivity index (χ2v) is 6.55. The molecule has 29 heavy (non-hydrogen) atoms. The number of aromatic nitrogens is 1. The molecule has 2 aromatic carbocycles. The number of halogens is 6. The van der Waals surface area contributed by atoms with Crippen LogP contribution in [-0.4, -0.2) is 4.98 Å². The molecule has 3 aromatic rings. The molecule has 1 N–H and O–H groups in total. The Morgan fingerprint density at radius 1 is 0.828 bits per heavy atom. The van der Waals surface area contributed by atoms with Gasteiger partial charge in [-0.3, -0.25) is 0 Å². The lowest BCUT2D eigenvalue weighted by Crippen LogP contribution is -2.07. The topological polar surface area (TPSA) is 34.1 Å². The summed E-state index contributed by atoms with van der Waals surface area (Å²) in [6.07, 6.45) is -8.00. The third-order valence-electron chi connectivity index (χ3n) is 3.61. The first-order chi connectivity index (χ1) is 13.6. The summed E-state index contributed by atoms with van der Waals surface area (Å²) in [4.78, 5) is 3.74. The molecule has 152 valence electrons. The van der Waals surface area contributed by atoms with E-state index in [1.54, 1.807) is 0 Å². The van der Waals surface area contributed by atoms with E-state index in [1.165, 1.54) is 42.5 Å². The van der Waals surface area contributed by atoms with Crippen molar-refractivity contribution in [2.45, 2.75) is 17.2 Å². The van der Waals surface area contributed by atoms with Crippen LogP contribution in [0, 0.1) is 0 Å². The molecule has 0 aliphatic heterocycles. The van der Waals surface area contributed by atoms with Crippen molar-refractivity contribution in [2.24, 2.45) is 0 Å². The first kappa shape index (κ1) is 20.8. The highest BCUT2D eigenvalue weighted by Crippen LogP contribution is 2.37. The van der Waals surface area contributed by atoms with Gasteiger partial charge in [0.1, 0.15) is 5.75 Å². The van der Waals surface area contributed by atoms with Crippen molar-refractivity contribution in [2.75, 3.05) is 4.72 Å². The van der Waals surface area contributed by atoms with E-state index in [0.717, 1.165) is 36.3 Å². The van der Waals surface area contributed by atoms with E-state index in [1.807, 2.05) is 0 Å². The van der Waals surface area contributed by atoms with Crippen molar-refractivity contribution in [3.63, 3.8) is 0 Å². The minimum atomic E-state index is -4.52. The predicted molar refractivity (Wildman–Crippen MR) is 96.7 cm³/mol. The fourth-order valence-electron chi connectivity index (χ4n) is 2.26. The molecule has 0 unspecified atom stereocenters. The molecule has 0 atom stereocenters. The van der Waals surface area contributed by atoms with Gasteiger partial charge in [-0.1, -0.05) is 12.1 Å². The quantitative estimate of drug-likeness (QED) is 0.348. The van der Waals surface area contributed by atoms with Gasteiger partial charge in [-0.25, -0.2) is 4.98 Å². The van der Waals surface area contributed by atoms with E-state index >= 15 is 0 Å². The predicted octanol–water partition coefficient (Wildman–Crippen LogP) is 7.03. The van der Waals surface area contributed by atoms with E-state index in [2.05, 4.69) is 9.71 Å². The van der Waals surface area contributed by atoms with Gasteiger partial charge in [0.15, 0.2) is 0 Å². The third-order valence-corrected chi connectivity index (χ3v) is 4.52. The van der Waals surface area contributed by atoms with Crippen LogP contribution in [0.2, 0.25) is 0 Å². The number of hydrogen-bond donors (Lipinski definition) is 1. The monoisotopic (exact) mass is 430 g/mol. The molecule has 0 radical (unpaired) electrons. The summed E-state index contributed by atoms with van der Waals surface area (Å²) in [7, 11) is 0. The molecule has 0 aliphatic carbocycles. The zero-order valence-corrected chi connectivity index (χ0v) is 15.2. The Morgan fingerprint density at radius 2 is 1.52 bits per heavy atom. The van der Waals surface area contributed by atoms with Crippen LogP contribution in [0.3, 0.4) is 0 Å². The van der Waals surface area contributed by atoms with Gasteiger partial charge in [0.2, 0.25) is 5.88 Å². The fraction of sp³-hybridized carbons (Fsp3) is 0.105. The van der Waals surface area contributed by atoms with Crippen LogP contribution >= 0.6 is 11.9 Å². The Kier molecular flexibility index (Phi) is 5.92. The maximum absolute atomic E-state index is 13.0. The Morgan fingerprint density at radius 3 is 2.17 bits per heavy atom. The van der Waals surface area contributed by atoms with Gasteiger partial charge in [0, 0.05) is 22.8 Å². The number of rotatable bonds is 5. The Hall–Kier alpha value is -2.88. The highest BCUT2D eigenvalue weighted by molar-refractivity contribution is 8.00. The van der Waals surface area contributed by atoms with Gasteiger partial charge < -0.3 is 9.46 Å². The molecule has 1 aromatic heterocycles. The molecular formula is C19H12F6N2OS. The van der Waals surface area contributed by atoms with Crippen molar-refractivity contribution in [1.29, 1.82) is 0 Å². The average molecular weight is 430 g/mol. The zero-order chi connectivity index (χ0) is 21.1. The molecule has 10 heteroatoms. The molecule has 0 bridgehead atoms. The van der Waals surface area contributed by atoms with E-state index < -0.39 is 23.5 Å². The first-order valence-corrected chi connectivity index (χ1v) is 8.85. The van der Waals surface area contributed by atoms with E-state index in [0.29, 0.717) is 5.69 Å². The molecule has 3 rings (SSSR count). The molecule has 0 aliphatic rings. The molecule has 0 fully saturated rings. The molecular weight excluding hydrogens is 418 g/mol. The van der Waals surface area contributed by atoms with Crippen LogP contribution in [0.1, 0.15) is 11.1 Å². The van der Waals surface area contributed by atoms with E-state index in [9.17, 15) is 26.3 Å². The standard InChI is InChI=1S/C19H12F6N2OS/c20-18(21,22)12-9-10-26-17(11-12)28-14-7-5-13(6-8-14)27-29-16-4-2-1-3-15(16)19(23,24)25/h1-11,27H. The van der Waals surface area contributed by atoms with Crippen LogP contribution in [0.4, 0.5) is 32.0 Å². The largest absolute Gasteiger partial charge is 0.439 e. The van der Waals surface area contributed by atoms with Crippen LogP contribution in [0.15, 0.2) is 71.8 Å². The van der Waals surface area contributed by atoms with Crippen molar-refractivity contribution in [1.82, 2.24) is 4.98 Å². The minimum Gasteiger partial charge on any atom is -0.439 e. The maximum Gasteiger partial charge on any atom is 0.417 e. The van der Waals surface area contributed by atoms with Crippen LogP contribution in [-0.2, 0) is 12.4 Å². The van der Waals surface area contributed by atoms with Crippen molar-refractivity contribution in [3.8, 4) is 11.6 Å².